The summed E-state index contributed by atoms with van der Waals surface area (Å²) in [6.45, 7) is 0. The lowest BCUT2D eigenvalue weighted by Crippen LogP contribution is -2.09. The zero-order valence-electron chi connectivity index (χ0n) is 11.5. The van der Waals surface area contributed by atoms with Gasteiger partial charge in [0.15, 0.2) is 5.75 Å². The zero-order valence-corrected chi connectivity index (χ0v) is 11.5. The van der Waals surface area contributed by atoms with Crippen LogP contribution >= 0.6 is 0 Å². The molecule has 3 heteroatoms. The minimum Gasteiger partial charge on any atom is -0.424 e. The van der Waals surface area contributed by atoms with Crippen LogP contribution in [0, 0.1) is 0 Å². The van der Waals surface area contributed by atoms with Crippen LogP contribution in [0.1, 0.15) is 12.0 Å². The van der Waals surface area contributed by atoms with Gasteiger partial charge in [-0.1, -0.05) is 48.5 Å². The van der Waals surface area contributed by atoms with Crippen molar-refractivity contribution in [2.75, 3.05) is 0 Å². The Balaban J connectivity index is 1.69. The van der Waals surface area contributed by atoms with Gasteiger partial charge < -0.3 is 4.74 Å². The summed E-state index contributed by atoms with van der Waals surface area (Å²) < 4.78 is 5.45. The van der Waals surface area contributed by atoms with Crippen molar-refractivity contribution < 1.29 is 9.53 Å². The molecule has 0 unspecified atom stereocenters. The first-order valence-corrected chi connectivity index (χ1v) is 6.91. The van der Waals surface area contributed by atoms with Crippen molar-refractivity contribution in [3.8, 4) is 5.75 Å². The Kier molecular flexibility index (Phi) is 3.92. The van der Waals surface area contributed by atoms with E-state index >= 15 is 0 Å². The number of nitrogens with zero attached hydrogens (tertiary/aromatic N) is 1. The van der Waals surface area contributed by atoms with Crippen molar-refractivity contribution in [2.24, 2.45) is 0 Å². The lowest BCUT2D eigenvalue weighted by atomic mass is 10.1. The molecule has 0 amide bonds. The van der Waals surface area contributed by atoms with E-state index < -0.39 is 0 Å². The highest BCUT2D eigenvalue weighted by Gasteiger charge is 2.09. The van der Waals surface area contributed by atoms with Crippen LogP contribution in [-0.2, 0) is 11.2 Å². The number of pyridine rings is 1. The van der Waals surface area contributed by atoms with Gasteiger partial charge in [-0.3, -0.25) is 9.78 Å². The van der Waals surface area contributed by atoms with Gasteiger partial charge in [-0.25, -0.2) is 0 Å². The lowest BCUT2D eigenvalue weighted by molar-refractivity contribution is -0.134. The van der Waals surface area contributed by atoms with Gasteiger partial charge >= 0.3 is 5.97 Å². The van der Waals surface area contributed by atoms with Gasteiger partial charge in [-0.05, 0) is 24.1 Å². The summed E-state index contributed by atoms with van der Waals surface area (Å²) in [5.74, 6) is 0.281. The largest absolute Gasteiger partial charge is 0.424 e. The molecule has 2 aromatic carbocycles. The molecule has 0 N–H and O–H groups in total. The molecule has 0 aliphatic rings. The van der Waals surface area contributed by atoms with E-state index in [9.17, 15) is 4.79 Å². The summed E-state index contributed by atoms with van der Waals surface area (Å²) in [6.07, 6.45) is 2.73. The van der Waals surface area contributed by atoms with E-state index in [0.29, 0.717) is 24.1 Å². The molecule has 0 spiro atoms. The maximum atomic E-state index is 12.0. The molecule has 1 heterocycles. The number of para-hydroxylation sites is 1. The number of aromatic nitrogens is 1. The number of carbonyl (C=O) groups excluding carboxylic acids is 1. The Morgan fingerprint density at radius 3 is 2.62 bits per heavy atom. The molecule has 3 aromatic rings. The number of esters is 1. The average Bonchev–Trinajstić information content (AvgIpc) is 2.54. The Bertz CT molecular complexity index is 748. The molecule has 0 aliphatic heterocycles. The third-order valence-electron chi connectivity index (χ3n) is 3.28. The van der Waals surface area contributed by atoms with Crippen molar-refractivity contribution in [3.05, 3.63) is 72.4 Å². The third-order valence-corrected chi connectivity index (χ3v) is 3.28. The van der Waals surface area contributed by atoms with Crippen molar-refractivity contribution in [3.63, 3.8) is 0 Å². The summed E-state index contributed by atoms with van der Waals surface area (Å²) in [5, 5.41) is 0.964. The second-order valence-electron chi connectivity index (χ2n) is 4.79. The number of hydrogen-bond donors (Lipinski definition) is 0. The molecule has 0 saturated carbocycles. The molecule has 3 rings (SSSR count). The summed E-state index contributed by atoms with van der Waals surface area (Å²) >= 11 is 0. The minimum absolute atomic E-state index is 0.239. The number of benzene rings is 2. The summed E-state index contributed by atoms with van der Waals surface area (Å²) in [5.41, 5.74) is 1.85. The van der Waals surface area contributed by atoms with Crippen molar-refractivity contribution >= 4 is 16.9 Å². The first-order chi connectivity index (χ1) is 10.3. The highest BCUT2D eigenvalue weighted by Crippen LogP contribution is 2.23. The molecule has 0 saturated heterocycles. The maximum Gasteiger partial charge on any atom is 0.311 e. The molecule has 0 atom stereocenters. The summed E-state index contributed by atoms with van der Waals surface area (Å²) in [7, 11) is 0. The second kappa shape index (κ2) is 6.18. The van der Waals surface area contributed by atoms with Crippen LogP contribution < -0.4 is 4.74 Å². The monoisotopic (exact) mass is 277 g/mol. The van der Waals surface area contributed by atoms with Crippen molar-refractivity contribution in [2.45, 2.75) is 12.8 Å². The standard InChI is InChI=1S/C18H15NO2/c20-17(12-11-14-6-2-1-3-7-14)21-16-10-4-8-15-9-5-13-19-18(15)16/h1-10,13H,11-12H2. The highest BCUT2D eigenvalue weighted by molar-refractivity contribution is 5.86. The van der Waals surface area contributed by atoms with E-state index in [0.717, 1.165) is 10.9 Å². The lowest BCUT2D eigenvalue weighted by Gasteiger charge is -2.07. The molecule has 1 aromatic heterocycles. The molecule has 0 bridgehead atoms. The Hall–Kier alpha value is -2.68. The Morgan fingerprint density at radius 1 is 0.952 bits per heavy atom. The normalized spacial score (nSPS) is 10.5. The Morgan fingerprint density at radius 2 is 1.76 bits per heavy atom. The Labute approximate surface area is 123 Å². The van der Waals surface area contributed by atoms with E-state index in [4.69, 9.17) is 4.74 Å². The van der Waals surface area contributed by atoms with Crippen LogP contribution in [0.2, 0.25) is 0 Å². The predicted octanol–water partition coefficient (Wildman–Crippen LogP) is 3.77. The van der Waals surface area contributed by atoms with Crippen LogP contribution in [0.5, 0.6) is 5.75 Å². The number of fused-ring (bicyclic) bond motifs is 1. The summed E-state index contributed by atoms with van der Waals surface area (Å²) in [4.78, 5) is 16.3. The second-order valence-corrected chi connectivity index (χ2v) is 4.79. The van der Waals surface area contributed by atoms with Gasteiger partial charge in [0.1, 0.15) is 5.52 Å². The number of ether oxygens (including phenoxy) is 1. The topological polar surface area (TPSA) is 39.2 Å². The van der Waals surface area contributed by atoms with Gasteiger partial charge in [0.05, 0.1) is 0 Å². The van der Waals surface area contributed by atoms with Crippen molar-refractivity contribution in [1.82, 2.24) is 4.98 Å². The van der Waals surface area contributed by atoms with E-state index in [2.05, 4.69) is 4.98 Å². The SMILES string of the molecule is O=C(CCc1ccccc1)Oc1cccc2cccnc12. The molecule has 0 aliphatic carbocycles. The molecule has 3 nitrogen and oxygen atoms in total. The fraction of sp³-hybridized carbons (Fsp3) is 0.111. The molecule has 0 fully saturated rings. The number of aryl methyl sites for hydroxylation is 1. The highest BCUT2D eigenvalue weighted by atomic mass is 16.5. The summed E-state index contributed by atoms with van der Waals surface area (Å²) in [6, 6.07) is 19.3. The minimum atomic E-state index is -0.239. The molecule has 0 radical (unpaired) electrons. The van der Waals surface area contributed by atoms with Crippen LogP contribution in [0.4, 0.5) is 0 Å². The van der Waals surface area contributed by atoms with Crippen LogP contribution in [-0.4, -0.2) is 11.0 Å². The van der Waals surface area contributed by atoms with Crippen molar-refractivity contribution in [1.29, 1.82) is 0 Å². The van der Waals surface area contributed by atoms with Crippen LogP contribution in [0.3, 0.4) is 0 Å². The first kappa shape index (κ1) is 13.3. The van der Waals surface area contributed by atoms with Gasteiger partial charge in [0, 0.05) is 18.0 Å². The number of rotatable bonds is 4. The van der Waals surface area contributed by atoms with Crippen LogP contribution in [0.25, 0.3) is 10.9 Å². The van der Waals surface area contributed by atoms with E-state index in [1.807, 2.05) is 54.6 Å². The quantitative estimate of drug-likeness (QED) is 0.538. The smallest absolute Gasteiger partial charge is 0.311 e. The van der Waals surface area contributed by atoms with Gasteiger partial charge in [-0.2, -0.15) is 0 Å². The first-order valence-electron chi connectivity index (χ1n) is 6.91. The van der Waals surface area contributed by atoms with E-state index in [1.165, 1.54) is 0 Å². The van der Waals surface area contributed by atoms with Crippen LogP contribution in [0.15, 0.2) is 66.9 Å². The van der Waals surface area contributed by atoms with E-state index in [-0.39, 0.29) is 5.97 Å². The van der Waals surface area contributed by atoms with Gasteiger partial charge in [0.25, 0.3) is 0 Å². The molecule has 104 valence electrons. The fourth-order valence-corrected chi connectivity index (χ4v) is 2.22. The fourth-order valence-electron chi connectivity index (χ4n) is 2.22. The number of hydrogen-bond acceptors (Lipinski definition) is 3. The van der Waals surface area contributed by atoms with Gasteiger partial charge in [-0.15, -0.1) is 0 Å². The van der Waals surface area contributed by atoms with Gasteiger partial charge in [0.2, 0.25) is 0 Å². The maximum absolute atomic E-state index is 12.0. The average molecular weight is 277 g/mol. The molecule has 21 heavy (non-hydrogen) atoms. The molecular formula is C18H15NO2. The number of carbonyl (C=O) groups is 1. The zero-order chi connectivity index (χ0) is 14.5. The molecular weight excluding hydrogens is 262 g/mol. The predicted molar refractivity (Wildman–Crippen MR) is 82.1 cm³/mol. The van der Waals surface area contributed by atoms with E-state index in [1.54, 1.807) is 12.3 Å². The third kappa shape index (κ3) is 3.26.